The first kappa shape index (κ1) is 23.8. The first-order chi connectivity index (χ1) is 13.2. The van der Waals surface area contributed by atoms with Crippen molar-refractivity contribution in [3.8, 4) is 0 Å². The Bertz CT molecular complexity index is 625. The lowest BCUT2D eigenvalue weighted by Crippen LogP contribution is -2.39. The largest absolute Gasteiger partial charge is 0.444 e. The first-order valence-corrected chi connectivity index (χ1v) is 9.91. The molecule has 0 fully saturated rings. The van der Waals surface area contributed by atoms with E-state index in [4.69, 9.17) is 4.74 Å². The van der Waals surface area contributed by atoms with Gasteiger partial charge in [-0.25, -0.2) is 4.79 Å². The van der Waals surface area contributed by atoms with Gasteiger partial charge in [0, 0.05) is 33.2 Å². The van der Waals surface area contributed by atoms with Gasteiger partial charge < -0.3 is 25.6 Å². The third-order valence-electron chi connectivity index (χ3n) is 3.98. The van der Waals surface area contributed by atoms with Crippen LogP contribution in [0.25, 0.3) is 0 Å². The molecule has 0 heterocycles. The SMILES string of the molecule is CCN(C)Cc1cccc(CNC(=NC)NCCCNC(=O)OC(C)(C)C)c1. The number of nitrogens with zero attached hydrogens (tertiary/aromatic N) is 2. The number of guanidine groups is 1. The third kappa shape index (κ3) is 10.8. The molecule has 1 rings (SSSR count). The minimum atomic E-state index is -0.475. The van der Waals surface area contributed by atoms with Crippen LogP contribution in [-0.2, 0) is 17.8 Å². The van der Waals surface area contributed by atoms with Gasteiger partial charge in [-0.3, -0.25) is 4.99 Å². The summed E-state index contributed by atoms with van der Waals surface area (Å²) in [5.74, 6) is 0.744. The van der Waals surface area contributed by atoms with E-state index in [1.165, 1.54) is 11.1 Å². The molecule has 0 atom stereocenters. The number of nitrogens with one attached hydrogen (secondary N) is 3. The fraction of sp³-hybridized carbons (Fsp3) is 0.619. The van der Waals surface area contributed by atoms with Crippen LogP contribution in [0.2, 0.25) is 0 Å². The highest BCUT2D eigenvalue weighted by Crippen LogP contribution is 2.08. The first-order valence-electron chi connectivity index (χ1n) is 9.91. The molecule has 3 N–H and O–H groups in total. The second-order valence-corrected chi connectivity index (χ2v) is 7.79. The number of alkyl carbamates (subject to hydrolysis) is 1. The zero-order valence-corrected chi connectivity index (χ0v) is 18.3. The number of rotatable bonds is 9. The lowest BCUT2D eigenvalue weighted by atomic mass is 10.1. The number of carbonyl (C=O) groups excluding carboxylic acids is 1. The van der Waals surface area contributed by atoms with Crippen LogP contribution >= 0.6 is 0 Å². The summed E-state index contributed by atoms with van der Waals surface area (Å²) in [6.07, 6.45) is 0.391. The Morgan fingerprint density at radius 3 is 2.46 bits per heavy atom. The summed E-state index contributed by atoms with van der Waals surface area (Å²) in [5, 5.41) is 9.33. The van der Waals surface area contributed by atoms with Gasteiger partial charge in [-0.1, -0.05) is 31.2 Å². The van der Waals surface area contributed by atoms with Crippen LogP contribution in [0, 0.1) is 0 Å². The normalized spacial score (nSPS) is 12.0. The Morgan fingerprint density at radius 1 is 1.14 bits per heavy atom. The van der Waals surface area contributed by atoms with Crippen molar-refractivity contribution in [1.82, 2.24) is 20.9 Å². The van der Waals surface area contributed by atoms with E-state index in [1.54, 1.807) is 7.05 Å². The number of amides is 1. The molecule has 0 aliphatic carbocycles. The van der Waals surface area contributed by atoms with Crippen molar-refractivity contribution in [1.29, 1.82) is 0 Å². The molecule has 158 valence electrons. The van der Waals surface area contributed by atoms with Gasteiger partial charge in [-0.2, -0.15) is 0 Å². The smallest absolute Gasteiger partial charge is 0.407 e. The summed E-state index contributed by atoms with van der Waals surface area (Å²) in [4.78, 5) is 18.1. The van der Waals surface area contributed by atoms with Crippen molar-refractivity contribution in [2.45, 2.75) is 52.8 Å². The third-order valence-corrected chi connectivity index (χ3v) is 3.98. The van der Waals surface area contributed by atoms with E-state index in [2.05, 4.69) is 64.1 Å². The van der Waals surface area contributed by atoms with Crippen LogP contribution in [-0.4, -0.2) is 56.3 Å². The summed E-state index contributed by atoms with van der Waals surface area (Å²) in [6.45, 7) is 11.6. The quantitative estimate of drug-likeness (QED) is 0.343. The Hall–Kier alpha value is -2.28. The van der Waals surface area contributed by atoms with E-state index in [0.29, 0.717) is 19.6 Å². The average molecular weight is 392 g/mol. The van der Waals surface area contributed by atoms with Gasteiger partial charge in [0.25, 0.3) is 0 Å². The van der Waals surface area contributed by atoms with Crippen molar-refractivity contribution in [3.05, 3.63) is 35.4 Å². The zero-order valence-electron chi connectivity index (χ0n) is 18.3. The molecule has 7 nitrogen and oxygen atoms in total. The molecule has 0 aliphatic rings. The number of carbonyl (C=O) groups is 1. The van der Waals surface area contributed by atoms with Crippen LogP contribution < -0.4 is 16.0 Å². The number of ether oxygens (including phenoxy) is 1. The lowest BCUT2D eigenvalue weighted by molar-refractivity contribution is 0.0527. The standard InChI is InChI=1S/C21H37N5O2/c1-7-26(6)16-18-11-8-10-17(14-18)15-25-19(22-5)23-12-9-13-24-20(27)28-21(2,3)4/h8,10-11,14H,7,9,12-13,15-16H2,1-6H3,(H,24,27)(H2,22,23,25). The maximum atomic E-state index is 11.6. The molecule has 1 aromatic carbocycles. The summed E-state index contributed by atoms with van der Waals surface area (Å²) in [6, 6.07) is 8.58. The molecule has 0 saturated heterocycles. The highest BCUT2D eigenvalue weighted by molar-refractivity contribution is 5.79. The molecule has 1 aromatic rings. The van der Waals surface area contributed by atoms with Gasteiger partial charge in [0.05, 0.1) is 0 Å². The minimum absolute atomic E-state index is 0.386. The monoisotopic (exact) mass is 391 g/mol. The molecule has 0 aliphatic heterocycles. The van der Waals surface area contributed by atoms with Crippen LogP contribution in [0.4, 0.5) is 4.79 Å². The van der Waals surface area contributed by atoms with Gasteiger partial charge in [-0.15, -0.1) is 0 Å². The molecule has 0 radical (unpaired) electrons. The Morgan fingerprint density at radius 2 is 1.82 bits per heavy atom. The molecule has 0 bridgehead atoms. The molecular formula is C21H37N5O2. The van der Waals surface area contributed by atoms with Crippen LogP contribution in [0.3, 0.4) is 0 Å². The summed E-state index contributed by atoms with van der Waals surface area (Å²) in [5.41, 5.74) is 2.05. The minimum Gasteiger partial charge on any atom is -0.444 e. The lowest BCUT2D eigenvalue weighted by Gasteiger charge is -2.19. The fourth-order valence-corrected chi connectivity index (χ4v) is 2.47. The van der Waals surface area contributed by atoms with Crippen molar-refractivity contribution in [3.63, 3.8) is 0 Å². The van der Waals surface area contributed by atoms with Crippen LogP contribution in [0.5, 0.6) is 0 Å². The Balaban J connectivity index is 2.30. The van der Waals surface area contributed by atoms with Crippen LogP contribution in [0.1, 0.15) is 45.2 Å². The van der Waals surface area contributed by atoms with Crippen molar-refractivity contribution in [2.24, 2.45) is 4.99 Å². The van der Waals surface area contributed by atoms with Crippen molar-refractivity contribution < 1.29 is 9.53 Å². The maximum absolute atomic E-state index is 11.6. The molecule has 0 aromatic heterocycles. The topological polar surface area (TPSA) is 78.0 Å². The number of benzene rings is 1. The van der Waals surface area contributed by atoms with E-state index in [1.807, 2.05) is 20.8 Å². The van der Waals surface area contributed by atoms with Crippen molar-refractivity contribution >= 4 is 12.1 Å². The predicted octanol–water partition coefficient (Wildman–Crippen LogP) is 2.72. The highest BCUT2D eigenvalue weighted by Gasteiger charge is 2.15. The van der Waals surface area contributed by atoms with Gasteiger partial charge in [0.1, 0.15) is 5.60 Å². The van der Waals surface area contributed by atoms with E-state index in [-0.39, 0.29) is 6.09 Å². The molecule has 0 spiro atoms. The van der Waals surface area contributed by atoms with Crippen molar-refractivity contribution in [2.75, 3.05) is 33.7 Å². The van der Waals surface area contributed by atoms with Gasteiger partial charge >= 0.3 is 6.09 Å². The summed E-state index contributed by atoms with van der Waals surface area (Å²) in [7, 11) is 3.87. The molecule has 0 saturated carbocycles. The van der Waals surface area contributed by atoms with Gasteiger partial charge in [0.15, 0.2) is 5.96 Å². The maximum Gasteiger partial charge on any atom is 0.407 e. The molecule has 7 heteroatoms. The number of aliphatic imine (C=N–C) groups is 1. The second kappa shape index (κ2) is 12.2. The van der Waals surface area contributed by atoms with E-state index in [9.17, 15) is 4.79 Å². The van der Waals surface area contributed by atoms with E-state index < -0.39 is 5.60 Å². The molecule has 28 heavy (non-hydrogen) atoms. The summed E-state index contributed by atoms with van der Waals surface area (Å²) >= 11 is 0. The fourth-order valence-electron chi connectivity index (χ4n) is 2.47. The van der Waals surface area contributed by atoms with Gasteiger partial charge in [-0.05, 0) is 51.9 Å². The molecular weight excluding hydrogens is 354 g/mol. The molecule has 1 amide bonds. The number of hydrogen-bond donors (Lipinski definition) is 3. The van der Waals surface area contributed by atoms with Gasteiger partial charge in [0.2, 0.25) is 0 Å². The molecule has 0 unspecified atom stereocenters. The predicted molar refractivity (Wildman–Crippen MR) is 116 cm³/mol. The second-order valence-electron chi connectivity index (χ2n) is 7.79. The zero-order chi connectivity index (χ0) is 21.0. The summed E-state index contributed by atoms with van der Waals surface area (Å²) < 4.78 is 5.21. The van der Waals surface area contributed by atoms with E-state index in [0.717, 1.165) is 25.5 Å². The Kier molecular flexibility index (Phi) is 10.4. The van der Waals surface area contributed by atoms with E-state index >= 15 is 0 Å². The average Bonchev–Trinajstić information content (AvgIpc) is 2.62. The van der Waals surface area contributed by atoms with Crippen LogP contribution in [0.15, 0.2) is 29.3 Å². The highest BCUT2D eigenvalue weighted by atomic mass is 16.6. The Labute approximate surface area is 169 Å². The number of hydrogen-bond acceptors (Lipinski definition) is 4.